The Bertz CT molecular complexity index is 1030. The average Bonchev–Trinajstić information content (AvgIpc) is 3.23. The number of anilines is 1. The lowest BCUT2D eigenvalue weighted by Gasteiger charge is -2.17. The van der Waals surface area contributed by atoms with Crippen molar-refractivity contribution in [2.75, 3.05) is 12.3 Å². The Labute approximate surface area is 155 Å². The average molecular weight is 395 g/mol. The first-order valence-electron chi connectivity index (χ1n) is 7.76. The number of fused-ring (bicyclic) bond motifs is 1. The fourth-order valence-corrected chi connectivity index (χ4v) is 3.91. The van der Waals surface area contributed by atoms with Gasteiger partial charge in [0.05, 0.1) is 24.3 Å². The number of nitrogen functional groups attached to an aromatic ring is 1. The highest BCUT2D eigenvalue weighted by Gasteiger charge is 2.43. The van der Waals surface area contributed by atoms with E-state index < -0.39 is 34.1 Å². The van der Waals surface area contributed by atoms with Crippen LogP contribution in [0.3, 0.4) is 0 Å². The Morgan fingerprint density at radius 2 is 2.00 bits per heavy atom. The first kappa shape index (κ1) is 19.0. The lowest BCUT2D eigenvalue weighted by molar-refractivity contribution is 0.0101. The summed E-state index contributed by atoms with van der Waals surface area (Å²) >= 11 is 1.09. The molecule has 0 spiro atoms. The summed E-state index contributed by atoms with van der Waals surface area (Å²) in [5.41, 5.74) is 5.60. The van der Waals surface area contributed by atoms with Gasteiger partial charge >= 0.3 is 5.69 Å². The summed E-state index contributed by atoms with van der Waals surface area (Å²) in [5, 5.41) is 27.1. The largest absolute Gasteiger partial charge is 0.395 e. The van der Waals surface area contributed by atoms with Crippen LogP contribution in [-0.2, 0) is 0 Å². The molecule has 0 radical (unpaired) electrons. The highest BCUT2D eigenvalue weighted by molar-refractivity contribution is 8.00. The summed E-state index contributed by atoms with van der Waals surface area (Å²) in [7, 11) is 0. The molecular weight excluding hydrogens is 378 g/mol. The second-order valence-electron chi connectivity index (χ2n) is 5.61. The number of rotatable bonds is 2. The molecule has 1 fully saturated rings. The summed E-state index contributed by atoms with van der Waals surface area (Å²) in [6, 6.07) is 1.16. The molecule has 0 aliphatic carbocycles. The highest BCUT2D eigenvalue weighted by atomic mass is 32.2. The zero-order chi connectivity index (χ0) is 19.6. The number of imidazole rings is 1. The molecule has 0 saturated carbocycles. The second kappa shape index (κ2) is 7.87. The molecule has 3 aromatic rings. The lowest BCUT2D eigenvalue weighted by Crippen LogP contribution is -2.37. The number of aromatic nitrogens is 6. The minimum atomic E-state index is -1.17. The number of hydrogen-bond donors (Lipinski definition) is 6. The van der Waals surface area contributed by atoms with Gasteiger partial charge in [0, 0.05) is 12.3 Å². The van der Waals surface area contributed by atoms with E-state index in [0.717, 1.165) is 22.4 Å². The maximum atomic E-state index is 11.5. The molecule has 0 aromatic carbocycles. The van der Waals surface area contributed by atoms with Gasteiger partial charge < -0.3 is 26.0 Å². The van der Waals surface area contributed by atoms with E-state index in [-0.39, 0.29) is 6.61 Å². The number of nitrogens with zero attached hydrogens (tertiary/aromatic N) is 4. The Morgan fingerprint density at radius 3 is 2.63 bits per heavy atom. The maximum Gasteiger partial charge on any atom is 0.329 e. The van der Waals surface area contributed by atoms with Gasteiger partial charge in [0.25, 0.3) is 5.56 Å². The summed E-state index contributed by atoms with van der Waals surface area (Å²) in [5.74, 6) is 0.433. The van der Waals surface area contributed by atoms with E-state index in [9.17, 15) is 19.8 Å². The number of hydrogen-bond acceptors (Lipinski definition) is 10. The smallest absolute Gasteiger partial charge is 0.329 e. The van der Waals surface area contributed by atoms with E-state index in [1.165, 1.54) is 18.9 Å². The molecule has 27 heavy (non-hydrogen) atoms. The molecule has 13 heteroatoms. The molecule has 1 saturated heterocycles. The van der Waals surface area contributed by atoms with Crippen molar-refractivity contribution >= 4 is 28.7 Å². The van der Waals surface area contributed by atoms with E-state index in [2.05, 4.69) is 24.9 Å². The van der Waals surface area contributed by atoms with Crippen LogP contribution in [0.2, 0.25) is 0 Å². The van der Waals surface area contributed by atoms with Gasteiger partial charge in [-0.2, -0.15) is 0 Å². The molecule has 3 aromatic heterocycles. The van der Waals surface area contributed by atoms with Crippen molar-refractivity contribution in [1.29, 1.82) is 0 Å². The number of H-pyrrole nitrogens is 2. The van der Waals surface area contributed by atoms with E-state index in [1.54, 1.807) is 0 Å². The van der Waals surface area contributed by atoms with Gasteiger partial charge in [-0.15, -0.1) is 11.8 Å². The van der Waals surface area contributed by atoms with Gasteiger partial charge in [-0.25, -0.2) is 19.7 Å². The number of nitrogens with one attached hydrogen (secondary N) is 2. The maximum absolute atomic E-state index is 11.5. The van der Waals surface area contributed by atoms with E-state index in [1.807, 2.05) is 0 Å². The third kappa shape index (κ3) is 3.85. The Hall–Kier alpha value is -2.74. The molecular formula is C14H17N7O5S. The highest BCUT2D eigenvalue weighted by Crippen LogP contribution is 2.40. The van der Waals surface area contributed by atoms with E-state index in [0.29, 0.717) is 17.0 Å². The predicted octanol–water partition coefficient (Wildman–Crippen LogP) is -2.20. The van der Waals surface area contributed by atoms with Gasteiger partial charge in [-0.3, -0.25) is 14.3 Å². The molecule has 4 atom stereocenters. The third-order valence-electron chi connectivity index (χ3n) is 3.89. The zero-order valence-electron chi connectivity index (χ0n) is 13.8. The van der Waals surface area contributed by atoms with Crippen molar-refractivity contribution < 1.29 is 15.3 Å². The van der Waals surface area contributed by atoms with E-state index >= 15 is 0 Å². The summed E-state index contributed by atoms with van der Waals surface area (Å²) < 4.78 is 1.13. The first-order chi connectivity index (χ1) is 12.9. The number of aliphatic hydroxyl groups is 3. The van der Waals surface area contributed by atoms with Crippen molar-refractivity contribution in [3.05, 3.63) is 45.8 Å². The molecule has 4 heterocycles. The minimum Gasteiger partial charge on any atom is -0.395 e. The Kier molecular flexibility index (Phi) is 5.55. The number of nitrogens with two attached hydrogens (primary N) is 1. The summed E-state index contributed by atoms with van der Waals surface area (Å²) in [6.07, 6.45) is 1.91. The van der Waals surface area contributed by atoms with Crippen molar-refractivity contribution in [1.82, 2.24) is 29.5 Å². The summed E-state index contributed by atoms with van der Waals surface area (Å²) in [4.78, 5) is 38.8. The molecule has 0 bridgehead atoms. The van der Waals surface area contributed by atoms with Gasteiger partial charge in [0.2, 0.25) is 0 Å². The molecule has 144 valence electrons. The van der Waals surface area contributed by atoms with Crippen LogP contribution >= 0.6 is 11.8 Å². The fraction of sp³-hybridized carbons (Fsp3) is 0.357. The summed E-state index contributed by atoms with van der Waals surface area (Å²) in [6.45, 7) is -0.294. The van der Waals surface area contributed by atoms with Crippen molar-refractivity contribution in [3.63, 3.8) is 0 Å². The third-order valence-corrected chi connectivity index (χ3v) is 5.46. The topological polar surface area (TPSA) is 196 Å². The fourth-order valence-electron chi connectivity index (χ4n) is 2.52. The molecule has 0 unspecified atom stereocenters. The van der Waals surface area contributed by atoms with Crippen LogP contribution in [0.15, 0.2) is 34.5 Å². The normalized spacial score (nSPS) is 24.6. The van der Waals surface area contributed by atoms with Crippen LogP contribution in [0.5, 0.6) is 0 Å². The number of aliphatic hydroxyl groups excluding tert-OH is 3. The minimum absolute atomic E-state index is 0.294. The first-order valence-corrected chi connectivity index (χ1v) is 8.70. The van der Waals surface area contributed by atoms with Gasteiger partial charge in [0.1, 0.15) is 23.3 Å². The molecule has 1 aliphatic heterocycles. The molecule has 12 nitrogen and oxygen atoms in total. The molecule has 4 rings (SSSR count). The van der Waals surface area contributed by atoms with Crippen LogP contribution in [0, 0.1) is 0 Å². The van der Waals surface area contributed by atoms with Crippen LogP contribution in [-0.4, -0.2) is 68.9 Å². The molecule has 0 amide bonds. The SMILES string of the molecule is Nc1ncnc2nc[nH]c12.O=c1ccn([C@H]2S[C@H](CO)[C@@H](O)[C@H]2O)c(=O)[nH]1. The van der Waals surface area contributed by atoms with Crippen molar-refractivity contribution in [2.24, 2.45) is 0 Å². The molecule has 1 aliphatic rings. The van der Waals surface area contributed by atoms with Gasteiger partial charge in [-0.1, -0.05) is 0 Å². The standard InChI is InChI=1S/C9H12N2O5S.C5H5N5/c12-3-4-6(14)7(15)8(17-4)11-2-1-5(13)10-9(11)16;6-4-3-5(9-1-7-3)10-2-8-4/h1-2,4,6-8,12,14-15H,3H2,(H,10,13,16);1-2H,(H3,6,7,8,9,10)/t4-,6-,7-,8+;/m1./s1. The van der Waals surface area contributed by atoms with Gasteiger partial charge in [-0.05, 0) is 0 Å². The van der Waals surface area contributed by atoms with Crippen LogP contribution in [0.25, 0.3) is 11.2 Å². The Balaban J connectivity index is 0.000000177. The monoisotopic (exact) mass is 395 g/mol. The zero-order valence-corrected chi connectivity index (χ0v) is 14.6. The quantitative estimate of drug-likeness (QED) is 0.277. The number of aromatic amines is 2. The lowest BCUT2D eigenvalue weighted by atomic mass is 10.1. The van der Waals surface area contributed by atoms with Crippen LogP contribution in [0.1, 0.15) is 5.37 Å². The Morgan fingerprint density at radius 1 is 1.22 bits per heavy atom. The second-order valence-corrected chi connectivity index (χ2v) is 6.97. The van der Waals surface area contributed by atoms with E-state index in [4.69, 9.17) is 10.8 Å². The van der Waals surface area contributed by atoms with Crippen molar-refractivity contribution in [2.45, 2.75) is 22.8 Å². The van der Waals surface area contributed by atoms with Gasteiger partial charge in [0.15, 0.2) is 11.5 Å². The molecule has 7 N–H and O–H groups in total. The van der Waals surface area contributed by atoms with Crippen molar-refractivity contribution in [3.8, 4) is 0 Å². The predicted molar refractivity (Wildman–Crippen MR) is 96.9 cm³/mol. The van der Waals surface area contributed by atoms with Crippen LogP contribution < -0.4 is 17.0 Å². The number of thioether (sulfide) groups is 1. The van der Waals surface area contributed by atoms with Crippen LogP contribution in [0.4, 0.5) is 5.82 Å².